The fourth-order valence-electron chi connectivity index (χ4n) is 2.98. The molecule has 4 heteroatoms. The molecule has 1 saturated carbocycles. The number of aromatic nitrogens is 2. The van der Waals surface area contributed by atoms with E-state index < -0.39 is 0 Å². The van der Waals surface area contributed by atoms with Crippen molar-refractivity contribution >= 4 is 17.0 Å². The van der Waals surface area contributed by atoms with E-state index in [1.54, 1.807) is 0 Å². The summed E-state index contributed by atoms with van der Waals surface area (Å²) >= 11 is 0. The smallest absolute Gasteiger partial charge is 0.201 e. The molecule has 1 fully saturated rings. The van der Waals surface area contributed by atoms with Crippen LogP contribution < -0.4 is 5.73 Å². The first-order valence-corrected chi connectivity index (χ1v) is 7.08. The molecule has 2 aromatic rings. The van der Waals surface area contributed by atoms with Gasteiger partial charge in [0.2, 0.25) is 5.95 Å². The number of rotatable bonds is 4. The highest BCUT2D eigenvalue weighted by Gasteiger charge is 2.16. The van der Waals surface area contributed by atoms with Gasteiger partial charge in [-0.2, -0.15) is 0 Å². The summed E-state index contributed by atoms with van der Waals surface area (Å²) in [5, 5.41) is 0. The van der Waals surface area contributed by atoms with Crippen LogP contribution in [-0.2, 0) is 11.3 Å². The van der Waals surface area contributed by atoms with E-state index in [0.29, 0.717) is 18.7 Å². The van der Waals surface area contributed by atoms with E-state index in [-0.39, 0.29) is 0 Å². The van der Waals surface area contributed by atoms with Crippen molar-refractivity contribution in [3.05, 3.63) is 23.8 Å². The quantitative estimate of drug-likeness (QED) is 0.918. The Bertz CT molecular complexity index is 570. The third-order valence-corrected chi connectivity index (χ3v) is 3.97. The molecule has 1 aliphatic rings. The largest absolute Gasteiger partial charge is 0.376 e. The van der Waals surface area contributed by atoms with Crippen LogP contribution in [-0.4, -0.2) is 22.3 Å². The molecule has 0 unspecified atom stereocenters. The summed E-state index contributed by atoms with van der Waals surface area (Å²) in [4.78, 5) is 4.41. The third kappa shape index (κ3) is 2.45. The molecule has 1 aromatic carbocycles. The number of hydrogen-bond donors (Lipinski definition) is 1. The van der Waals surface area contributed by atoms with Crippen LogP contribution in [0.1, 0.15) is 31.2 Å². The minimum atomic E-state index is 0.456. The molecule has 0 amide bonds. The van der Waals surface area contributed by atoms with Crippen molar-refractivity contribution in [3.8, 4) is 0 Å². The molecule has 0 aliphatic heterocycles. The zero-order valence-corrected chi connectivity index (χ0v) is 11.4. The molecule has 2 N–H and O–H groups in total. The highest BCUT2D eigenvalue weighted by atomic mass is 16.5. The molecule has 0 atom stereocenters. The molecular formula is C15H21N3O. The first kappa shape index (κ1) is 12.5. The summed E-state index contributed by atoms with van der Waals surface area (Å²) in [5.74, 6) is 0.583. The first-order valence-electron chi connectivity index (χ1n) is 7.08. The molecule has 0 radical (unpaired) electrons. The van der Waals surface area contributed by atoms with E-state index in [4.69, 9.17) is 10.5 Å². The second kappa shape index (κ2) is 5.21. The van der Waals surface area contributed by atoms with Crippen LogP contribution >= 0.6 is 0 Å². The number of hydrogen-bond acceptors (Lipinski definition) is 3. The number of ether oxygens (including phenoxy) is 1. The predicted octanol–water partition coefficient (Wildman–Crippen LogP) is 2.89. The number of benzene rings is 1. The summed E-state index contributed by atoms with van der Waals surface area (Å²) in [6.07, 6.45) is 5.48. The second-order valence-electron chi connectivity index (χ2n) is 5.34. The first-order chi connectivity index (χ1) is 9.25. The van der Waals surface area contributed by atoms with Crippen molar-refractivity contribution < 1.29 is 4.74 Å². The van der Waals surface area contributed by atoms with Crippen LogP contribution in [0.2, 0.25) is 0 Å². The van der Waals surface area contributed by atoms with E-state index in [0.717, 1.165) is 17.6 Å². The van der Waals surface area contributed by atoms with Gasteiger partial charge in [0.15, 0.2) is 0 Å². The highest BCUT2D eigenvalue weighted by Crippen LogP contribution is 2.23. The Balaban J connectivity index is 1.74. The van der Waals surface area contributed by atoms with Gasteiger partial charge in [-0.1, -0.05) is 25.0 Å². The molecular weight excluding hydrogens is 238 g/mol. The molecule has 0 spiro atoms. The van der Waals surface area contributed by atoms with E-state index >= 15 is 0 Å². The highest BCUT2D eigenvalue weighted by molar-refractivity contribution is 5.81. The van der Waals surface area contributed by atoms with Gasteiger partial charge in [0.1, 0.15) is 0 Å². The number of para-hydroxylation sites is 1. The van der Waals surface area contributed by atoms with Crippen molar-refractivity contribution in [3.63, 3.8) is 0 Å². The molecule has 4 nitrogen and oxygen atoms in total. The average molecular weight is 259 g/mol. The Kier molecular flexibility index (Phi) is 3.42. The maximum absolute atomic E-state index is 6.01. The average Bonchev–Trinajstić information content (AvgIpc) is 2.99. The second-order valence-corrected chi connectivity index (χ2v) is 5.34. The van der Waals surface area contributed by atoms with Crippen molar-refractivity contribution in [2.24, 2.45) is 0 Å². The standard InChI is InChI=1S/C15H21N3O/c1-11-5-4-8-13-14(11)18(15(16)17-13)9-10-19-12-6-2-3-7-12/h4-5,8,12H,2-3,6-7,9-10H2,1H3,(H2,16,17). The third-order valence-electron chi connectivity index (χ3n) is 3.97. The number of imidazole rings is 1. The van der Waals surface area contributed by atoms with Gasteiger partial charge in [0, 0.05) is 6.54 Å². The molecule has 102 valence electrons. The normalized spacial score (nSPS) is 16.5. The maximum atomic E-state index is 6.01. The summed E-state index contributed by atoms with van der Waals surface area (Å²) in [7, 11) is 0. The molecule has 1 heterocycles. The summed E-state index contributed by atoms with van der Waals surface area (Å²) < 4.78 is 7.98. The lowest BCUT2D eigenvalue weighted by atomic mass is 10.2. The Labute approximate surface area is 113 Å². The minimum absolute atomic E-state index is 0.456. The molecule has 19 heavy (non-hydrogen) atoms. The van der Waals surface area contributed by atoms with Gasteiger partial charge in [-0.25, -0.2) is 4.98 Å². The molecule has 3 rings (SSSR count). The number of fused-ring (bicyclic) bond motifs is 1. The fraction of sp³-hybridized carbons (Fsp3) is 0.533. The topological polar surface area (TPSA) is 53.1 Å². The van der Waals surface area contributed by atoms with Crippen molar-refractivity contribution in [1.29, 1.82) is 0 Å². The molecule has 1 aliphatic carbocycles. The van der Waals surface area contributed by atoms with Gasteiger partial charge in [-0.05, 0) is 31.4 Å². The Hall–Kier alpha value is -1.55. The van der Waals surface area contributed by atoms with E-state index in [2.05, 4.69) is 22.5 Å². The van der Waals surface area contributed by atoms with Gasteiger partial charge in [0.05, 0.1) is 23.7 Å². The van der Waals surface area contributed by atoms with Gasteiger partial charge in [-0.3, -0.25) is 0 Å². The van der Waals surface area contributed by atoms with Crippen LogP contribution in [0, 0.1) is 6.92 Å². The summed E-state index contributed by atoms with van der Waals surface area (Å²) in [6, 6.07) is 6.12. The fourth-order valence-corrected chi connectivity index (χ4v) is 2.98. The summed E-state index contributed by atoms with van der Waals surface area (Å²) in [6.45, 7) is 3.59. The van der Waals surface area contributed by atoms with Crippen LogP contribution in [0.4, 0.5) is 5.95 Å². The summed E-state index contributed by atoms with van der Waals surface area (Å²) in [5.41, 5.74) is 9.33. The number of nitrogen functional groups attached to an aromatic ring is 1. The zero-order valence-electron chi connectivity index (χ0n) is 11.4. The van der Waals surface area contributed by atoms with Gasteiger partial charge < -0.3 is 15.0 Å². The van der Waals surface area contributed by atoms with Crippen molar-refractivity contribution in [2.75, 3.05) is 12.3 Å². The van der Waals surface area contributed by atoms with Gasteiger partial charge in [-0.15, -0.1) is 0 Å². The molecule has 0 saturated heterocycles. The number of anilines is 1. The number of aryl methyl sites for hydroxylation is 1. The van der Waals surface area contributed by atoms with E-state index in [1.807, 2.05) is 12.1 Å². The van der Waals surface area contributed by atoms with Gasteiger partial charge >= 0.3 is 0 Å². The van der Waals surface area contributed by atoms with E-state index in [1.165, 1.54) is 31.2 Å². The van der Waals surface area contributed by atoms with Crippen LogP contribution in [0.5, 0.6) is 0 Å². The van der Waals surface area contributed by atoms with Crippen LogP contribution in [0.15, 0.2) is 18.2 Å². The predicted molar refractivity (Wildman–Crippen MR) is 77.1 cm³/mol. The van der Waals surface area contributed by atoms with Crippen molar-refractivity contribution in [1.82, 2.24) is 9.55 Å². The van der Waals surface area contributed by atoms with E-state index in [9.17, 15) is 0 Å². The monoisotopic (exact) mass is 259 g/mol. The Morgan fingerprint density at radius 2 is 2.16 bits per heavy atom. The SMILES string of the molecule is Cc1cccc2nc(N)n(CCOC3CCCC3)c12. The lowest BCUT2D eigenvalue weighted by Crippen LogP contribution is -2.14. The van der Waals surface area contributed by atoms with Gasteiger partial charge in [0.25, 0.3) is 0 Å². The maximum Gasteiger partial charge on any atom is 0.201 e. The van der Waals surface area contributed by atoms with Crippen LogP contribution in [0.25, 0.3) is 11.0 Å². The van der Waals surface area contributed by atoms with Crippen molar-refractivity contribution in [2.45, 2.75) is 45.3 Å². The molecule has 1 aromatic heterocycles. The van der Waals surface area contributed by atoms with Crippen LogP contribution in [0.3, 0.4) is 0 Å². The lowest BCUT2D eigenvalue weighted by Gasteiger charge is -2.13. The molecule has 0 bridgehead atoms. The Morgan fingerprint density at radius 1 is 1.37 bits per heavy atom. The lowest BCUT2D eigenvalue weighted by molar-refractivity contribution is 0.0537. The Morgan fingerprint density at radius 3 is 2.95 bits per heavy atom. The number of nitrogens with zero attached hydrogens (tertiary/aromatic N) is 2. The number of nitrogens with two attached hydrogens (primary N) is 1. The minimum Gasteiger partial charge on any atom is -0.376 e. The zero-order chi connectivity index (χ0) is 13.2.